The van der Waals surface area contributed by atoms with Gasteiger partial charge in [-0.25, -0.2) is 4.39 Å². The quantitative estimate of drug-likeness (QED) is 0.602. The highest BCUT2D eigenvalue weighted by Gasteiger charge is 2.24. The Morgan fingerprint density at radius 2 is 1.97 bits per heavy atom. The van der Waals surface area contributed by atoms with Crippen LogP contribution in [0.25, 0.3) is 0 Å². The minimum absolute atomic E-state index is 0.283. The Morgan fingerprint density at radius 1 is 1.24 bits per heavy atom. The average molecular weight is 394 g/mol. The molecule has 152 valence electrons. The summed E-state index contributed by atoms with van der Waals surface area (Å²) >= 11 is 0. The number of benzene rings is 2. The number of piperidine rings is 1. The van der Waals surface area contributed by atoms with Gasteiger partial charge in [-0.15, -0.1) is 0 Å². The predicted octanol–water partition coefficient (Wildman–Crippen LogP) is 3.59. The molecule has 1 aliphatic heterocycles. The molecular weight excluding hydrogens is 365 g/mol. The van der Waals surface area contributed by atoms with Crippen LogP contribution in [0.2, 0.25) is 0 Å². The Labute approximate surface area is 172 Å². The average Bonchev–Trinajstić information content (AvgIpc) is 2.78. The number of hydrogen-bond acceptors (Lipinski definition) is 3. The number of aliphatic imine (C=N–C) groups is 1. The third-order valence-corrected chi connectivity index (χ3v) is 5.54. The molecule has 1 heterocycles. The van der Waals surface area contributed by atoms with Crippen LogP contribution in [-0.4, -0.2) is 37.0 Å². The molecule has 1 atom stereocenters. The fourth-order valence-electron chi connectivity index (χ4n) is 3.72. The van der Waals surface area contributed by atoms with Crippen LogP contribution in [0.1, 0.15) is 42.5 Å². The Morgan fingerprint density at radius 3 is 2.62 bits per heavy atom. The summed E-state index contributed by atoms with van der Waals surface area (Å²) in [5.41, 5.74) is 2.25. The second-order valence-electron chi connectivity index (χ2n) is 7.38. The van der Waals surface area contributed by atoms with Crippen LogP contribution in [0, 0.1) is 17.1 Å². The fraction of sp³-hybridized carbons (Fsp3) is 0.391. The van der Waals surface area contributed by atoms with Gasteiger partial charge in [0.15, 0.2) is 5.96 Å². The van der Waals surface area contributed by atoms with Crippen molar-refractivity contribution in [2.75, 3.05) is 20.1 Å². The molecule has 2 aromatic carbocycles. The van der Waals surface area contributed by atoms with Gasteiger partial charge in [-0.3, -0.25) is 9.89 Å². The van der Waals surface area contributed by atoms with Crippen molar-refractivity contribution in [1.29, 1.82) is 5.26 Å². The summed E-state index contributed by atoms with van der Waals surface area (Å²) in [6.07, 6.45) is 2.05. The van der Waals surface area contributed by atoms with Gasteiger partial charge in [-0.1, -0.05) is 30.3 Å². The maximum atomic E-state index is 14.0. The minimum atomic E-state index is -0.324. The molecule has 1 unspecified atom stereocenters. The van der Waals surface area contributed by atoms with Crippen LogP contribution < -0.4 is 10.6 Å². The van der Waals surface area contributed by atoms with Gasteiger partial charge in [-0.2, -0.15) is 5.26 Å². The third kappa shape index (κ3) is 5.55. The van der Waals surface area contributed by atoms with Crippen molar-refractivity contribution in [3.63, 3.8) is 0 Å². The molecule has 0 bridgehead atoms. The van der Waals surface area contributed by atoms with Gasteiger partial charge < -0.3 is 10.6 Å². The molecule has 1 aliphatic rings. The summed E-state index contributed by atoms with van der Waals surface area (Å²) in [5.74, 6) is 0.330. The van der Waals surface area contributed by atoms with Crippen LogP contribution in [0.15, 0.2) is 53.5 Å². The van der Waals surface area contributed by atoms with Gasteiger partial charge in [0.1, 0.15) is 5.82 Å². The maximum absolute atomic E-state index is 14.0. The zero-order valence-electron chi connectivity index (χ0n) is 17.0. The summed E-state index contributed by atoms with van der Waals surface area (Å²) < 4.78 is 14.0. The first-order valence-electron chi connectivity index (χ1n) is 10.1. The van der Waals surface area contributed by atoms with Crippen LogP contribution in [-0.2, 0) is 6.54 Å². The molecule has 0 aromatic heterocycles. The molecule has 0 spiro atoms. The smallest absolute Gasteiger partial charge is 0.191 e. The molecular formula is C23H28FN5. The van der Waals surface area contributed by atoms with Crippen molar-refractivity contribution >= 4 is 5.96 Å². The lowest BCUT2D eigenvalue weighted by molar-refractivity contribution is 0.158. The normalized spacial score (nSPS) is 16.8. The number of likely N-dealkylation sites (tertiary alicyclic amines) is 1. The molecule has 0 radical (unpaired) electrons. The van der Waals surface area contributed by atoms with Crippen LogP contribution in [0.4, 0.5) is 4.39 Å². The first-order valence-corrected chi connectivity index (χ1v) is 10.1. The minimum Gasteiger partial charge on any atom is -0.354 e. The summed E-state index contributed by atoms with van der Waals surface area (Å²) in [6.45, 7) is 4.57. The molecule has 2 aromatic rings. The van der Waals surface area contributed by atoms with E-state index >= 15 is 0 Å². The first-order chi connectivity index (χ1) is 14.1. The highest BCUT2D eigenvalue weighted by Crippen LogP contribution is 2.24. The Bertz CT molecular complexity index is 867. The van der Waals surface area contributed by atoms with Crippen LogP contribution >= 0.6 is 0 Å². The van der Waals surface area contributed by atoms with Crippen molar-refractivity contribution in [2.45, 2.75) is 38.4 Å². The molecule has 0 saturated carbocycles. The number of rotatable bonds is 5. The molecule has 29 heavy (non-hydrogen) atoms. The SMILES string of the molecule is CN=C(NCc1cc(C#N)ccc1F)NC1CCN(C(C)c2ccccc2)CC1. The van der Waals surface area contributed by atoms with Gasteiger partial charge in [0.25, 0.3) is 0 Å². The van der Waals surface area contributed by atoms with Crippen molar-refractivity contribution in [3.8, 4) is 6.07 Å². The van der Waals surface area contributed by atoms with E-state index in [4.69, 9.17) is 5.26 Å². The van der Waals surface area contributed by atoms with Gasteiger partial charge in [0.05, 0.1) is 11.6 Å². The molecule has 5 nitrogen and oxygen atoms in total. The van der Waals surface area contributed by atoms with Crippen LogP contribution in [0.3, 0.4) is 0 Å². The van der Waals surface area contributed by atoms with Crippen molar-refractivity contribution in [2.24, 2.45) is 4.99 Å². The second kappa shape index (κ2) is 10.0. The number of nitriles is 1. The summed E-state index contributed by atoms with van der Waals surface area (Å²) in [5, 5.41) is 15.6. The lowest BCUT2D eigenvalue weighted by Gasteiger charge is -2.37. The summed E-state index contributed by atoms with van der Waals surface area (Å²) in [6, 6.07) is 17.7. The van der Waals surface area contributed by atoms with Gasteiger partial charge in [-0.05, 0) is 43.5 Å². The summed E-state index contributed by atoms with van der Waals surface area (Å²) in [7, 11) is 1.71. The summed E-state index contributed by atoms with van der Waals surface area (Å²) in [4.78, 5) is 6.77. The highest BCUT2D eigenvalue weighted by molar-refractivity contribution is 5.80. The van der Waals surface area contributed by atoms with Gasteiger partial charge in [0, 0.05) is 44.3 Å². The zero-order chi connectivity index (χ0) is 20.6. The van der Waals surface area contributed by atoms with E-state index in [1.165, 1.54) is 17.7 Å². The van der Waals surface area contributed by atoms with E-state index < -0.39 is 0 Å². The van der Waals surface area contributed by atoms with E-state index in [2.05, 4.69) is 51.7 Å². The lowest BCUT2D eigenvalue weighted by atomic mass is 10.0. The Kier molecular flexibility index (Phi) is 7.20. The van der Waals surface area contributed by atoms with Crippen LogP contribution in [0.5, 0.6) is 0 Å². The molecule has 6 heteroatoms. The fourth-order valence-corrected chi connectivity index (χ4v) is 3.72. The second-order valence-corrected chi connectivity index (χ2v) is 7.38. The van der Waals surface area contributed by atoms with Crippen molar-refractivity contribution in [3.05, 3.63) is 71.0 Å². The lowest BCUT2D eigenvalue weighted by Crippen LogP contribution is -2.48. The molecule has 1 fully saturated rings. The molecule has 0 aliphatic carbocycles. The van der Waals surface area contributed by atoms with Crippen molar-refractivity contribution < 1.29 is 4.39 Å². The van der Waals surface area contributed by atoms with Gasteiger partial charge in [0.2, 0.25) is 0 Å². The number of guanidine groups is 1. The third-order valence-electron chi connectivity index (χ3n) is 5.54. The van der Waals surface area contributed by atoms with E-state index in [0.717, 1.165) is 25.9 Å². The molecule has 2 N–H and O–H groups in total. The Balaban J connectivity index is 1.49. The number of nitrogens with zero attached hydrogens (tertiary/aromatic N) is 3. The van der Waals surface area contributed by atoms with E-state index in [-0.39, 0.29) is 12.4 Å². The molecule has 1 saturated heterocycles. The number of halogens is 1. The zero-order valence-corrected chi connectivity index (χ0v) is 17.0. The Hall–Kier alpha value is -2.91. The van der Waals surface area contributed by atoms with E-state index in [9.17, 15) is 4.39 Å². The van der Waals surface area contributed by atoms with E-state index in [1.807, 2.05) is 12.1 Å². The molecule has 3 rings (SSSR count). The topological polar surface area (TPSA) is 63.5 Å². The monoisotopic (exact) mass is 393 g/mol. The largest absolute Gasteiger partial charge is 0.354 e. The van der Waals surface area contributed by atoms with E-state index in [1.54, 1.807) is 13.1 Å². The van der Waals surface area contributed by atoms with Gasteiger partial charge >= 0.3 is 0 Å². The maximum Gasteiger partial charge on any atom is 0.191 e. The molecule has 0 amide bonds. The predicted molar refractivity (Wildman–Crippen MR) is 114 cm³/mol. The number of nitrogens with one attached hydrogen (secondary N) is 2. The van der Waals surface area contributed by atoms with Crippen molar-refractivity contribution in [1.82, 2.24) is 15.5 Å². The first kappa shape index (κ1) is 20.8. The van der Waals surface area contributed by atoms with E-state index in [0.29, 0.717) is 29.2 Å². The number of hydrogen-bond donors (Lipinski definition) is 2. The standard InChI is InChI=1S/C23H28FN5/c1-17(19-6-4-3-5-7-19)29-12-10-21(11-13-29)28-23(26-2)27-16-20-14-18(15-25)8-9-22(20)24/h3-9,14,17,21H,10-13,16H2,1-2H3,(H2,26,27,28). The highest BCUT2D eigenvalue weighted by atomic mass is 19.1.